The maximum Gasteiger partial charge on any atom is 0.338 e. The lowest BCUT2D eigenvalue weighted by molar-refractivity contribution is -0.143. The van der Waals surface area contributed by atoms with E-state index in [-0.39, 0.29) is 17.2 Å². The Labute approximate surface area is 253 Å². The molecule has 42 heavy (non-hydrogen) atoms. The Bertz CT molecular complexity index is 1850. The van der Waals surface area contributed by atoms with Crippen LogP contribution < -0.4 is 24.4 Å². The van der Waals surface area contributed by atoms with Crippen LogP contribution in [0.15, 0.2) is 87.8 Å². The van der Waals surface area contributed by atoms with Gasteiger partial charge >= 0.3 is 5.97 Å². The van der Waals surface area contributed by atoms with Gasteiger partial charge in [0, 0.05) is 5.02 Å². The van der Waals surface area contributed by atoms with E-state index in [1.807, 2.05) is 61.5 Å². The van der Waals surface area contributed by atoms with Crippen LogP contribution in [0.4, 0.5) is 0 Å². The number of carbonyl (C=O) groups excluding carboxylic acids is 1. The van der Waals surface area contributed by atoms with Crippen molar-refractivity contribution in [2.24, 2.45) is 4.99 Å². The number of hydrogen-bond donors (Lipinski definition) is 0. The zero-order valence-electron chi connectivity index (χ0n) is 24.0. The number of fused-ring (bicyclic) bond motifs is 1. The summed E-state index contributed by atoms with van der Waals surface area (Å²) in [6.45, 7) is 7.75. The van der Waals surface area contributed by atoms with E-state index in [2.05, 4.69) is 4.99 Å². The number of aryl methyl sites for hydroxylation is 1. The summed E-state index contributed by atoms with van der Waals surface area (Å²) < 4.78 is 19.1. The lowest BCUT2D eigenvalue weighted by Gasteiger charge is -2.26. The Morgan fingerprint density at radius 3 is 2.50 bits per heavy atom. The van der Waals surface area contributed by atoms with Crippen LogP contribution in [0.1, 0.15) is 49.1 Å². The highest BCUT2D eigenvalue weighted by Gasteiger charge is 2.34. The van der Waals surface area contributed by atoms with Gasteiger partial charge in [0.15, 0.2) is 16.3 Å². The molecule has 0 saturated carbocycles. The topological polar surface area (TPSA) is 79.1 Å². The van der Waals surface area contributed by atoms with Crippen molar-refractivity contribution in [3.8, 4) is 11.5 Å². The van der Waals surface area contributed by atoms with Gasteiger partial charge in [0.2, 0.25) is 0 Å². The predicted molar refractivity (Wildman–Crippen MR) is 165 cm³/mol. The Morgan fingerprint density at radius 1 is 1.07 bits per heavy atom. The van der Waals surface area contributed by atoms with E-state index >= 15 is 0 Å². The van der Waals surface area contributed by atoms with Gasteiger partial charge in [-0.2, -0.15) is 0 Å². The van der Waals surface area contributed by atoms with Crippen molar-refractivity contribution in [3.05, 3.63) is 125 Å². The standard InChI is InChI=1S/C33H31ClN2O5S/c1-19(2)41-32(38)29-21(4)35-33-36(30(29)24-8-6-7-9-25(24)34)31(37)28(42-33)17-23-14-15-26(27(16-23)39-5)40-18-22-12-10-20(3)11-13-22/h6-17,19,30H,18H2,1-5H3. The van der Waals surface area contributed by atoms with Crippen LogP contribution in [0.5, 0.6) is 11.5 Å². The molecule has 5 rings (SSSR count). The van der Waals surface area contributed by atoms with Crippen molar-refractivity contribution in [1.82, 2.24) is 4.57 Å². The van der Waals surface area contributed by atoms with Crippen molar-refractivity contribution in [2.75, 3.05) is 7.11 Å². The minimum absolute atomic E-state index is 0.285. The largest absolute Gasteiger partial charge is 0.493 e. The summed E-state index contributed by atoms with van der Waals surface area (Å²) >= 11 is 7.85. The van der Waals surface area contributed by atoms with Gasteiger partial charge in [-0.05, 0) is 68.7 Å². The minimum Gasteiger partial charge on any atom is -0.493 e. The zero-order chi connectivity index (χ0) is 30.0. The maximum absolute atomic E-state index is 13.9. The molecule has 1 aromatic heterocycles. The molecular weight excluding hydrogens is 572 g/mol. The van der Waals surface area contributed by atoms with Crippen LogP contribution in [-0.4, -0.2) is 23.8 Å². The predicted octanol–water partition coefficient (Wildman–Crippen LogP) is 5.74. The molecule has 1 atom stereocenters. The summed E-state index contributed by atoms with van der Waals surface area (Å²) in [7, 11) is 1.58. The molecule has 3 aromatic carbocycles. The summed E-state index contributed by atoms with van der Waals surface area (Å²) in [6.07, 6.45) is 1.44. The van der Waals surface area contributed by atoms with Crippen LogP contribution in [0.2, 0.25) is 5.02 Å². The van der Waals surface area contributed by atoms with Gasteiger partial charge in [0.25, 0.3) is 5.56 Å². The molecule has 1 unspecified atom stereocenters. The monoisotopic (exact) mass is 602 g/mol. The molecule has 7 nitrogen and oxygen atoms in total. The Balaban J connectivity index is 1.55. The number of allylic oxidation sites excluding steroid dienone is 1. The first-order chi connectivity index (χ1) is 20.2. The number of hydrogen-bond acceptors (Lipinski definition) is 7. The van der Waals surface area contributed by atoms with Gasteiger partial charge in [-0.3, -0.25) is 9.36 Å². The van der Waals surface area contributed by atoms with Gasteiger partial charge in [0.1, 0.15) is 12.6 Å². The summed E-state index contributed by atoms with van der Waals surface area (Å²) in [4.78, 5) is 32.3. The summed E-state index contributed by atoms with van der Waals surface area (Å²) in [5, 5.41) is 0.438. The summed E-state index contributed by atoms with van der Waals surface area (Å²) in [5.41, 5.74) is 4.09. The molecule has 0 N–H and O–H groups in total. The highest BCUT2D eigenvalue weighted by atomic mass is 35.5. The normalized spacial score (nSPS) is 14.9. The molecule has 2 heterocycles. The van der Waals surface area contributed by atoms with Crippen molar-refractivity contribution < 1.29 is 19.0 Å². The second-order valence-electron chi connectivity index (χ2n) is 10.2. The molecule has 0 fully saturated rings. The maximum atomic E-state index is 13.9. The van der Waals surface area contributed by atoms with E-state index in [1.54, 1.807) is 46.1 Å². The lowest BCUT2D eigenvalue weighted by Crippen LogP contribution is -2.40. The van der Waals surface area contributed by atoms with Crippen LogP contribution in [-0.2, 0) is 16.1 Å². The number of methoxy groups -OCH3 is 1. The number of halogens is 1. The number of rotatable bonds is 8. The molecule has 1 aliphatic heterocycles. The third-order valence-electron chi connectivity index (χ3n) is 6.78. The number of aromatic nitrogens is 1. The second-order valence-corrected chi connectivity index (χ2v) is 11.7. The molecular formula is C33H31ClN2O5S. The van der Waals surface area contributed by atoms with Crippen molar-refractivity contribution in [3.63, 3.8) is 0 Å². The number of nitrogens with zero attached hydrogens (tertiary/aromatic N) is 2. The van der Waals surface area contributed by atoms with Crippen LogP contribution in [0.3, 0.4) is 0 Å². The molecule has 0 bridgehead atoms. The third-order valence-corrected chi connectivity index (χ3v) is 8.11. The van der Waals surface area contributed by atoms with Gasteiger partial charge in [-0.1, -0.05) is 77.0 Å². The quantitative estimate of drug-likeness (QED) is 0.241. The van der Waals surface area contributed by atoms with Crippen LogP contribution in [0.25, 0.3) is 6.08 Å². The molecule has 0 radical (unpaired) electrons. The van der Waals surface area contributed by atoms with E-state index in [4.69, 9.17) is 25.8 Å². The molecule has 0 spiro atoms. The van der Waals surface area contributed by atoms with E-state index in [0.717, 1.165) is 11.1 Å². The molecule has 4 aromatic rings. The Hall–Kier alpha value is -4.14. The van der Waals surface area contributed by atoms with E-state index in [1.165, 1.54) is 21.5 Å². The van der Waals surface area contributed by atoms with Gasteiger partial charge < -0.3 is 14.2 Å². The van der Waals surface area contributed by atoms with Gasteiger partial charge in [-0.15, -0.1) is 0 Å². The van der Waals surface area contributed by atoms with E-state index < -0.39 is 12.0 Å². The number of benzene rings is 3. The first kappa shape index (κ1) is 29.4. The molecule has 9 heteroatoms. The number of thiazole rings is 1. The molecule has 0 amide bonds. The third kappa shape index (κ3) is 6.05. The van der Waals surface area contributed by atoms with Crippen LogP contribution >= 0.6 is 22.9 Å². The number of esters is 1. The van der Waals surface area contributed by atoms with Crippen LogP contribution in [0, 0.1) is 6.92 Å². The molecule has 0 saturated heterocycles. The highest BCUT2D eigenvalue weighted by molar-refractivity contribution is 7.07. The Morgan fingerprint density at radius 2 is 1.81 bits per heavy atom. The number of carbonyl (C=O) groups is 1. The lowest BCUT2D eigenvalue weighted by atomic mass is 9.96. The van der Waals surface area contributed by atoms with E-state index in [0.29, 0.717) is 43.7 Å². The van der Waals surface area contributed by atoms with Crippen molar-refractivity contribution >= 4 is 35.0 Å². The van der Waals surface area contributed by atoms with E-state index in [9.17, 15) is 9.59 Å². The molecule has 216 valence electrons. The number of ether oxygens (including phenoxy) is 3. The highest BCUT2D eigenvalue weighted by Crippen LogP contribution is 2.35. The molecule has 0 aliphatic carbocycles. The average Bonchev–Trinajstić information content (AvgIpc) is 3.26. The smallest absolute Gasteiger partial charge is 0.338 e. The fraction of sp³-hybridized carbons (Fsp3) is 0.242. The fourth-order valence-electron chi connectivity index (χ4n) is 4.74. The summed E-state index contributed by atoms with van der Waals surface area (Å²) in [6, 6.07) is 20.1. The SMILES string of the molecule is COc1cc(C=c2sc3n(c2=O)C(c2ccccc2Cl)C(C(=O)OC(C)C)=C(C)N=3)ccc1OCc1ccc(C)cc1. The van der Waals surface area contributed by atoms with Gasteiger partial charge in [-0.25, -0.2) is 9.79 Å². The minimum atomic E-state index is -0.782. The Kier molecular flexibility index (Phi) is 8.66. The van der Waals surface area contributed by atoms with Crippen molar-refractivity contribution in [2.45, 2.75) is 46.4 Å². The summed E-state index contributed by atoms with van der Waals surface area (Å²) in [5.74, 6) is 0.614. The molecule has 1 aliphatic rings. The zero-order valence-corrected chi connectivity index (χ0v) is 25.6. The first-order valence-corrected chi connectivity index (χ1v) is 14.7. The second kappa shape index (κ2) is 12.4. The fourth-order valence-corrected chi connectivity index (χ4v) is 6.03. The first-order valence-electron chi connectivity index (χ1n) is 13.5. The van der Waals surface area contributed by atoms with Gasteiger partial charge in [0.05, 0.1) is 29.0 Å². The van der Waals surface area contributed by atoms with Crippen molar-refractivity contribution in [1.29, 1.82) is 0 Å². The average molecular weight is 603 g/mol.